The standard InChI is InChI=1S/C29H30FIO4/c1-17-12-22(31)13-18(2)29(17)20-6-5-7-26(19(3)25(30)11-8-20)35-23-9-10-24-21(14-28(32)33-4)16-34-27(24)15-23/h8-13,15,21,26H,3,5-7,14,16H2,1-2,4H3/b20-8+,25-11+/t21-,26-/m1/s1. The number of esters is 1. The molecule has 6 heteroatoms. The quantitative estimate of drug-likeness (QED) is 0.270. The summed E-state index contributed by atoms with van der Waals surface area (Å²) in [6.07, 6.45) is 5.49. The summed E-state index contributed by atoms with van der Waals surface area (Å²) in [6.45, 7) is 8.64. The fourth-order valence-corrected chi connectivity index (χ4v) is 5.81. The first-order valence-corrected chi connectivity index (χ1v) is 12.9. The summed E-state index contributed by atoms with van der Waals surface area (Å²) in [5, 5.41) is 0. The second-order valence-corrected chi connectivity index (χ2v) is 10.4. The van der Waals surface area contributed by atoms with Gasteiger partial charge in [-0.2, -0.15) is 0 Å². The van der Waals surface area contributed by atoms with Gasteiger partial charge in [-0.25, -0.2) is 4.39 Å². The highest BCUT2D eigenvalue weighted by Crippen LogP contribution is 2.39. The van der Waals surface area contributed by atoms with Gasteiger partial charge in [0.25, 0.3) is 0 Å². The average molecular weight is 588 g/mol. The van der Waals surface area contributed by atoms with Gasteiger partial charge in [0, 0.05) is 26.7 Å². The average Bonchev–Trinajstić information content (AvgIpc) is 3.23. The Morgan fingerprint density at radius 3 is 2.66 bits per heavy atom. The van der Waals surface area contributed by atoms with E-state index in [-0.39, 0.29) is 24.1 Å². The maximum atomic E-state index is 15.1. The highest BCUT2D eigenvalue weighted by molar-refractivity contribution is 14.1. The minimum Gasteiger partial charge on any atom is -0.492 e. The summed E-state index contributed by atoms with van der Waals surface area (Å²) in [6, 6.07) is 9.90. The van der Waals surface area contributed by atoms with Crippen molar-refractivity contribution in [2.45, 2.75) is 51.6 Å². The number of fused-ring (bicyclic) bond motifs is 1. The number of rotatable bonds is 5. The van der Waals surface area contributed by atoms with Crippen molar-refractivity contribution >= 4 is 34.1 Å². The number of methoxy groups -OCH3 is 1. The van der Waals surface area contributed by atoms with Crippen LogP contribution in [0.5, 0.6) is 11.5 Å². The lowest BCUT2D eigenvalue weighted by atomic mass is 9.92. The van der Waals surface area contributed by atoms with E-state index in [1.807, 2.05) is 24.3 Å². The molecule has 1 aliphatic heterocycles. The molecule has 0 radical (unpaired) electrons. The van der Waals surface area contributed by atoms with Gasteiger partial charge in [0.2, 0.25) is 0 Å². The number of ether oxygens (including phenoxy) is 3. The molecule has 2 aromatic carbocycles. The van der Waals surface area contributed by atoms with E-state index in [1.54, 1.807) is 0 Å². The Labute approximate surface area is 220 Å². The van der Waals surface area contributed by atoms with E-state index < -0.39 is 6.10 Å². The van der Waals surface area contributed by atoms with E-state index >= 15 is 4.39 Å². The second-order valence-electron chi connectivity index (χ2n) is 9.13. The topological polar surface area (TPSA) is 44.8 Å². The van der Waals surface area contributed by atoms with Gasteiger partial charge < -0.3 is 14.2 Å². The van der Waals surface area contributed by atoms with Crippen LogP contribution in [-0.4, -0.2) is 25.8 Å². The molecule has 0 unspecified atom stereocenters. The van der Waals surface area contributed by atoms with Gasteiger partial charge in [0.05, 0.1) is 20.1 Å². The molecule has 184 valence electrons. The molecule has 0 saturated carbocycles. The van der Waals surface area contributed by atoms with Crippen molar-refractivity contribution in [3.63, 3.8) is 0 Å². The van der Waals surface area contributed by atoms with Gasteiger partial charge in [-0.1, -0.05) is 18.7 Å². The van der Waals surface area contributed by atoms with Gasteiger partial charge in [0.1, 0.15) is 23.4 Å². The summed E-state index contributed by atoms with van der Waals surface area (Å²) in [7, 11) is 1.38. The van der Waals surface area contributed by atoms with Crippen LogP contribution >= 0.6 is 22.6 Å². The number of halogens is 2. The Morgan fingerprint density at radius 1 is 1.20 bits per heavy atom. The third kappa shape index (κ3) is 5.80. The smallest absolute Gasteiger partial charge is 0.306 e. The Kier molecular flexibility index (Phi) is 7.99. The van der Waals surface area contributed by atoms with Gasteiger partial charge in [-0.15, -0.1) is 0 Å². The zero-order chi connectivity index (χ0) is 25.1. The summed E-state index contributed by atoms with van der Waals surface area (Å²) in [4.78, 5) is 11.7. The lowest BCUT2D eigenvalue weighted by Crippen LogP contribution is -2.19. The predicted octanol–water partition coefficient (Wildman–Crippen LogP) is 7.37. The van der Waals surface area contributed by atoms with Gasteiger partial charge >= 0.3 is 5.97 Å². The molecule has 2 aromatic rings. The van der Waals surface area contributed by atoms with Crippen LogP contribution in [0, 0.1) is 17.4 Å². The van der Waals surface area contributed by atoms with E-state index in [9.17, 15) is 4.79 Å². The van der Waals surface area contributed by atoms with Crippen molar-refractivity contribution in [3.05, 3.63) is 86.3 Å². The summed E-state index contributed by atoms with van der Waals surface area (Å²) < 4.78 is 33.1. The molecular formula is C29H30FIO4. The van der Waals surface area contributed by atoms with Crippen LogP contribution in [0.4, 0.5) is 4.39 Å². The van der Waals surface area contributed by atoms with Gasteiger partial charge in [-0.3, -0.25) is 4.79 Å². The van der Waals surface area contributed by atoms with Crippen molar-refractivity contribution in [2.24, 2.45) is 0 Å². The van der Waals surface area contributed by atoms with Crippen LogP contribution in [0.25, 0.3) is 5.57 Å². The first-order chi connectivity index (χ1) is 16.8. The molecule has 1 heterocycles. The number of carbonyl (C=O) groups excluding carboxylic acids is 1. The van der Waals surface area contributed by atoms with Gasteiger partial charge in [-0.05, 0) is 102 Å². The van der Waals surface area contributed by atoms with Crippen LogP contribution in [0.1, 0.15) is 53.9 Å². The van der Waals surface area contributed by atoms with E-state index in [1.165, 1.54) is 33.4 Å². The predicted molar refractivity (Wildman–Crippen MR) is 145 cm³/mol. The van der Waals surface area contributed by atoms with Crippen molar-refractivity contribution < 1.29 is 23.4 Å². The number of hydrogen-bond donors (Lipinski definition) is 0. The molecule has 0 fully saturated rings. The van der Waals surface area contributed by atoms with Crippen LogP contribution < -0.4 is 9.47 Å². The molecule has 0 amide bonds. The molecule has 1 aliphatic carbocycles. The first kappa shape index (κ1) is 25.5. The van der Waals surface area contributed by atoms with Crippen molar-refractivity contribution in [1.82, 2.24) is 0 Å². The molecule has 4 nitrogen and oxygen atoms in total. The molecule has 0 saturated heterocycles. The third-order valence-electron chi connectivity index (χ3n) is 6.64. The molecule has 35 heavy (non-hydrogen) atoms. The number of benzene rings is 2. The fraction of sp³-hybridized carbons (Fsp3) is 0.345. The van der Waals surface area contributed by atoms with E-state index in [4.69, 9.17) is 14.2 Å². The highest BCUT2D eigenvalue weighted by Gasteiger charge is 2.28. The zero-order valence-corrected chi connectivity index (χ0v) is 22.5. The Hall–Kier alpha value is -2.61. The number of aryl methyl sites for hydroxylation is 2. The number of allylic oxidation sites excluding steroid dienone is 3. The molecular weight excluding hydrogens is 558 g/mol. The maximum Gasteiger partial charge on any atom is 0.306 e. The molecule has 2 aliphatic rings. The van der Waals surface area contributed by atoms with Crippen LogP contribution in [0.3, 0.4) is 0 Å². The van der Waals surface area contributed by atoms with E-state index in [2.05, 4.69) is 55.2 Å². The zero-order valence-electron chi connectivity index (χ0n) is 20.3. The fourth-order valence-electron chi connectivity index (χ4n) is 4.87. The van der Waals surface area contributed by atoms with Crippen molar-refractivity contribution in [3.8, 4) is 11.5 Å². The largest absolute Gasteiger partial charge is 0.492 e. The molecule has 0 spiro atoms. The molecule has 0 aromatic heterocycles. The monoisotopic (exact) mass is 588 g/mol. The summed E-state index contributed by atoms with van der Waals surface area (Å²) in [5.74, 6) is 0.614. The second kappa shape index (κ2) is 11.0. The lowest BCUT2D eigenvalue weighted by Gasteiger charge is -2.21. The third-order valence-corrected chi connectivity index (χ3v) is 7.26. The van der Waals surface area contributed by atoms with Crippen LogP contribution in [0.15, 0.2) is 60.5 Å². The van der Waals surface area contributed by atoms with Crippen LogP contribution in [-0.2, 0) is 9.53 Å². The Balaban J connectivity index is 1.50. The highest BCUT2D eigenvalue weighted by atomic mass is 127. The van der Waals surface area contributed by atoms with Crippen LogP contribution in [0.2, 0.25) is 0 Å². The summed E-state index contributed by atoms with van der Waals surface area (Å²) in [5.41, 5.74) is 6.01. The SMILES string of the molecule is C=C1/C(F)=C\C=C(\c2c(C)cc(I)cc2C)CCC[C@H]1Oc1ccc2c(c1)OC[C@H]2CC(=O)OC. The minimum absolute atomic E-state index is 0.0376. The molecule has 0 N–H and O–H groups in total. The van der Waals surface area contributed by atoms with E-state index in [0.29, 0.717) is 30.1 Å². The number of hydrogen-bond acceptors (Lipinski definition) is 4. The summed E-state index contributed by atoms with van der Waals surface area (Å²) >= 11 is 2.33. The van der Waals surface area contributed by atoms with Crippen molar-refractivity contribution in [1.29, 1.82) is 0 Å². The van der Waals surface area contributed by atoms with Crippen molar-refractivity contribution in [2.75, 3.05) is 13.7 Å². The molecule has 0 bridgehead atoms. The minimum atomic E-state index is -0.483. The first-order valence-electron chi connectivity index (χ1n) is 11.8. The van der Waals surface area contributed by atoms with E-state index in [0.717, 1.165) is 24.0 Å². The maximum absolute atomic E-state index is 15.1. The Morgan fingerprint density at radius 2 is 1.94 bits per heavy atom. The lowest BCUT2D eigenvalue weighted by molar-refractivity contribution is -0.141. The Bertz CT molecular complexity index is 1190. The molecule has 4 rings (SSSR count). The normalized spacial score (nSPS) is 22.9. The molecule has 2 atom stereocenters. The number of carbonyl (C=O) groups is 1. The van der Waals surface area contributed by atoms with Gasteiger partial charge in [0.15, 0.2) is 0 Å².